The molecule has 0 radical (unpaired) electrons. The zero-order valence-corrected chi connectivity index (χ0v) is 14.5. The number of hydrogen-bond acceptors (Lipinski definition) is 7. The highest BCUT2D eigenvalue weighted by Crippen LogP contribution is 2.21. The Kier molecular flexibility index (Phi) is 5.73. The summed E-state index contributed by atoms with van der Waals surface area (Å²) in [5.41, 5.74) is -0.622. The van der Waals surface area contributed by atoms with Crippen molar-refractivity contribution in [3.63, 3.8) is 0 Å². The number of esters is 2. The number of carbonyl (C=O) groups is 2. The molecule has 1 aromatic rings. The molecule has 1 heterocycles. The van der Waals surface area contributed by atoms with Crippen LogP contribution in [0, 0.1) is 10.1 Å². The maximum absolute atomic E-state index is 12.0. The van der Waals surface area contributed by atoms with Gasteiger partial charge in [-0.1, -0.05) is 0 Å². The molecule has 25 heavy (non-hydrogen) atoms. The van der Waals surface area contributed by atoms with Crippen molar-refractivity contribution in [2.24, 2.45) is 0 Å². The zero-order valence-electron chi connectivity index (χ0n) is 14.5. The van der Waals surface area contributed by atoms with Crippen LogP contribution in [-0.2, 0) is 14.3 Å². The molecule has 0 bridgehead atoms. The summed E-state index contributed by atoms with van der Waals surface area (Å²) in [7, 11) is 0. The van der Waals surface area contributed by atoms with E-state index >= 15 is 0 Å². The van der Waals surface area contributed by atoms with Crippen LogP contribution in [0.3, 0.4) is 0 Å². The number of carbonyl (C=O) groups excluding carboxylic acids is 2. The Morgan fingerprint density at radius 2 is 1.88 bits per heavy atom. The Bertz CT molecular complexity index is 650. The van der Waals surface area contributed by atoms with Crippen molar-refractivity contribution in [1.82, 2.24) is 5.32 Å². The molecule has 2 atom stereocenters. The predicted octanol–water partition coefficient (Wildman–Crippen LogP) is 2.35. The first kappa shape index (κ1) is 18.9. The normalized spacial score (nSPS) is 20.1. The third-order valence-electron chi connectivity index (χ3n) is 3.62. The first-order valence-electron chi connectivity index (χ1n) is 8.08. The first-order chi connectivity index (χ1) is 11.6. The van der Waals surface area contributed by atoms with Crippen LogP contribution in [-0.4, -0.2) is 34.5 Å². The minimum atomic E-state index is -0.550. The summed E-state index contributed by atoms with van der Waals surface area (Å²) in [6.07, 6.45) is 1.37. The van der Waals surface area contributed by atoms with Gasteiger partial charge in [0.25, 0.3) is 5.69 Å². The number of nitro benzene ring substituents is 1. The summed E-state index contributed by atoms with van der Waals surface area (Å²) < 4.78 is 10.5. The number of rotatable bonds is 5. The molecule has 8 nitrogen and oxygen atoms in total. The fourth-order valence-corrected chi connectivity index (χ4v) is 2.55. The topological polar surface area (TPSA) is 108 Å². The van der Waals surface area contributed by atoms with Gasteiger partial charge < -0.3 is 14.8 Å². The van der Waals surface area contributed by atoms with Crippen molar-refractivity contribution in [2.75, 3.05) is 0 Å². The Labute approximate surface area is 145 Å². The fraction of sp³-hybridized carbons (Fsp3) is 0.529. The summed E-state index contributed by atoms with van der Waals surface area (Å²) in [4.78, 5) is 34.1. The van der Waals surface area contributed by atoms with Gasteiger partial charge in [-0.05, 0) is 45.7 Å². The van der Waals surface area contributed by atoms with E-state index in [1.54, 1.807) is 20.8 Å². The third kappa shape index (κ3) is 5.82. The number of nitrogens with zero attached hydrogens (tertiary/aromatic N) is 1. The van der Waals surface area contributed by atoms with Gasteiger partial charge in [-0.25, -0.2) is 0 Å². The predicted molar refractivity (Wildman–Crippen MR) is 89.1 cm³/mol. The maximum Gasteiger partial charge on any atom is 0.323 e. The summed E-state index contributed by atoms with van der Waals surface area (Å²) in [6, 6.07) is 4.71. The van der Waals surface area contributed by atoms with Crippen molar-refractivity contribution < 1.29 is 24.0 Å². The highest BCUT2D eigenvalue weighted by Gasteiger charge is 2.33. The minimum Gasteiger partial charge on any atom is -0.459 e. The van der Waals surface area contributed by atoms with Gasteiger partial charge in [-0.3, -0.25) is 19.7 Å². The van der Waals surface area contributed by atoms with E-state index < -0.39 is 22.5 Å². The summed E-state index contributed by atoms with van der Waals surface area (Å²) in [5, 5.41) is 13.7. The highest BCUT2D eigenvalue weighted by molar-refractivity contribution is 5.77. The smallest absolute Gasteiger partial charge is 0.323 e. The van der Waals surface area contributed by atoms with Gasteiger partial charge in [0.1, 0.15) is 17.4 Å². The molecule has 0 aliphatic carbocycles. The van der Waals surface area contributed by atoms with Gasteiger partial charge >= 0.3 is 11.9 Å². The molecule has 1 aliphatic rings. The third-order valence-corrected chi connectivity index (χ3v) is 3.62. The average molecular weight is 350 g/mol. The van der Waals surface area contributed by atoms with Crippen LogP contribution in [0.25, 0.3) is 0 Å². The number of nitrogens with one attached hydrogen (secondary N) is 1. The molecular formula is C17H22N2O6. The van der Waals surface area contributed by atoms with Crippen molar-refractivity contribution in [3.8, 4) is 5.75 Å². The Hall–Kier alpha value is -2.48. The zero-order chi connectivity index (χ0) is 18.6. The molecule has 1 saturated heterocycles. The van der Waals surface area contributed by atoms with Gasteiger partial charge in [-0.15, -0.1) is 0 Å². The van der Waals surface area contributed by atoms with E-state index in [1.807, 2.05) is 0 Å². The molecule has 1 aliphatic heterocycles. The van der Waals surface area contributed by atoms with Gasteiger partial charge in [0.05, 0.1) is 11.3 Å². The number of ether oxygens (including phenoxy) is 2. The van der Waals surface area contributed by atoms with Crippen molar-refractivity contribution in [3.05, 3.63) is 34.4 Å². The van der Waals surface area contributed by atoms with Gasteiger partial charge in [0.15, 0.2) is 0 Å². The largest absolute Gasteiger partial charge is 0.459 e. The van der Waals surface area contributed by atoms with Crippen LogP contribution in [0.2, 0.25) is 0 Å². The monoisotopic (exact) mass is 350 g/mol. The van der Waals surface area contributed by atoms with E-state index in [0.29, 0.717) is 12.8 Å². The number of benzene rings is 1. The van der Waals surface area contributed by atoms with Crippen molar-refractivity contribution in [1.29, 1.82) is 0 Å². The lowest BCUT2D eigenvalue weighted by molar-refractivity contribution is -0.384. The molecule has 2 rings (SSSR count). The second-order valence-corrected chi connectivity index (χ2v) is 6.96. The lowest BCUT2D eigenvalue weighted by Crippen LogP contribution is -2.40. The van der Waals surface area contributed by atoms with Crippen molar-refractivity contribution >= 4 is 17.6 Å². The van der Waals surface area contributed by atoms with E-state index in [-0.39, 0.29) is 29.9 Å². The first-order valence-corrected chi connectivity index (χ1v) is 8.08. The van der Waals surface area contributed by atoms with Crippen LogP contribution < -0.4 is 10.1 Å². The lowest BCUT2D eigenvalue weighted by Gasteiger charge is -2.22. The van der Waals surface area contributed by atoms with E-state index in [0.717, 1.165) is 0 Å². The summed E-state index contributed by atoms with van der Waals surface area (Å²) in [5.74, 6) is -0.535. The molecule has 1 unspecified atom stereocenters. The van der Waals surface area contributed by atoms with E-state index in [2.05, 4.69) is 5.32 Å². The van der Waals surface area contributed by atoms with Crippen LogP contribution in [0.5, 0.6) is 5.75 Å². The molecule has 0 aromatic heterocycles. The molecule has 1 N–H and O–H groups in total. The van der Waals surface area contributed by atoms with Crippen LogP contribution >= 0.6 is 0 Å². The van der Waals surface area contributed by atoms with E-state index in [1.165, 1.54) is 24.3 Å². The SMILES string of the molecule is CC(C)(C)OC(=O)C1CC[C@@H](CC(=O)Oc2ccc([N+](=O)[O-])cc2)N1. The summed E-state index contributed by atoms with van der Waals surface area (Å²) >= 11 is 0. The van der Waals surface area contributed by atoms with Gasteiger partial charge in [-0.2, -0.15) is 0 Å². The van der Waals surface area contributed by atoms with E-state index in [4.69, 9.17) is 9.47 Å². The molecule has 0 saturated carbocycles. The average Bonchev–Trinajstić information content (AvgIpc) is 2.94. The molecule has 1 fully saturated rings. The van der Waals surface area contributed by atoms with Crippen LogP contribution in [0.4, 0.5) is 5.69 Å². The molecular weight excluding hydrogens is 328 g/mol. The minimum absolute atomic E-state index is 0.0718. The second-order valence-electron chi connectivity index (χ2n) is 6.96. The van der Waals surface area contributed by atoms with Gasteiger partial charge in [0.2, 0.25) is 0 Å². The van der Waals surface area contributed by atoms with Crippen LogP contribution in [0.1, 0.15) is 40.0 Å². The molecule has 136 valence electrons. The number of nitro groups is 1. The molecule has 1 aromatic carbocycles. The molecule has 0 amide bonds. The van der Waals surface area contributed by atoms with Crippen LogP contribution in [0.15, 0.2) is 24.3 Å². The highest BCUT2D eigenvalue weighted by atomic mass is 16.6. The summed E-state index contributed by atoms with van der Waals surface area (Å²) in [6.45, 7) is 5.41. The standard InChI is InChI=1S/C17H22N2O6/c1-17(2,3)25-16(21)14-9-4-11(18-14)10-15(20)24-13-7-5-12(6-8-13)19(22)23/h5-8,11,14,18H,4,9-10H2,1-3H3/t11-,14?/m0/s1. The number of hydrogen-bond donors (Lipinski definition) is 1. The Morgan fingerprint density at radius 3 is 2.44 bits per heavy atom. The second kappa shape index (κ2) is 7.60. The molecule has 0 spiro atoms. The Morgan fingerprint density at radius 1 is 1.24 bits per heavy atom. The quantitative estimate of drug-likeness (QED) is 0.376. The maximum atomic E-state index is 12.0. The van der Waals surface area contributed by atoms with Crippen molar-refractivity contribution in [2.45, 2.75) is 57.7 Å². The fourth-order valence-electron chi connectivity index (χ4n) is 2.55. The number of non-ortho nitro benzene ring substituents is 1. The van der Waals surface area contributed by atoms with Gasteiger partial charge in [0, 0.05) is 18.2 Å². The lowest BCUT2D eigenvalue weighted by atomic mass is 10.1. The Balaban J connectivity index is 1.81. The van der Waals surface area contributed by atoms with E-state index in [9.17, 15) is 19.7 Å². The molecule has 8 heteroatoms.